The van der Waals surface area contributed by atoms with Gasteiger partial charge in [-0.15, -0.1) is 0 Å². The van der Waals surface area contributed by atoms with Crippen LogP contribution in [-0.4, -0.2) is 76.0 Å². The summed E-state index contributed by atoms with van der Waals surface area (Å²) in [6.45, 7) is 6.51. The predicted octanol–water partition coefficient (Wildman–Crippen LogP) is 2.31. The number of anilines is 1. The van der Waals surface area contributed by atoms with Crippen LogP contribution in [-0.2, 0) is 13.1 Å². The van der Waals surface area contributed by atoms with Crippen molar-refractivity contribution in [2.75, 3.05) is 45.0 Å². The Balaban J connectivity index is 1.08. The van der Waals surface area contributed by atoms with Gasteiger partial charge in [-0.2, -0.15) is 0 Å². The summed E-state index contributed by atoms with van der Waals surface area (Å²) in [5, 5.41) is 4.13. The number of nitrogen functional groups attached to an aromatic ring is 1. The zero-order valence-corrected chi connectivity index (χ0v) is 18.9. The monoisotopic (exact) mass is 445 g/mol. The molecule has 0 spiro atoms. The maximum Gasteiger partial charge on any atom is 0.317 e. The van der Waals surface area contributed by atoms with E-state index < -0.39 is 0 Å². The number of hydrogen-bond donors (Lipinski definition) is 2. The third kappa shape index (κ3) is 5.23. The SMILES string of the molecule is Nc1nc(CN2CCN(C(=O)NC3CCN(Cc4ccccc4)C3)CC2)nc2ccccc12. The molecule has 8 nitrogen and oxygen atoms in total. The van der Waals surface area contributed by atoms with E-state index in [4.69, 9.17) is 5.73 Å². The van der Waals surface area contributed by atoms with Gasteiger partial charge in [0.1, 0.15) is 11.6 Å². The van der Waals surface area contributed by atoms with Crippen LogP contribution in [0.5, 0.6) is 0 Å². The first kappa shape index (κ1) is 21.6. The number of fused-ring (bicyclic) bond motifs is 1. The molecule has 1 atom stereocenters. The Morgan fingerprint density at radius 3 is 2.48 bits per heavy atom. The molecule has 0 saturated carbocycles. The second kappa shape index (κ2) is 9.72. The normalized spacial score (nSPS) is 19.8. The fourth-order valence-corrected chi connectivity index (χ4v) is 4.73. The van der Waals surface area contributed by atoms with Crippen LogP contribution in [0.1, 0.15) is 17.8 Å². The van der Waals surface area contributed by atoms with E-state index in [2.05, 4.69) is 49.4 Å². The highest BCUT2D eigenvalue weighted by atomic mass is 16.2. The van der Waals surface area contributed by atoms with E-state index >= 15 is 0 Å². The second-order valence-electron chi connectivity index (χ2n) is 8.96. The molecule has 2 aliphatic rings. The van der Waals surface area contributed by atoms with Gasteiger partial charge in [-0.05, 0) is 24.1 Å². The number of nitrogens with two attached hydrogens (primary N) is 1. The van der Waals surface area contributed by atoms with Crippen LogP contribution in [0.15, 0.2) is 54.6 Å². The van der Waals surface area contributed by atoms with Gasteiger partial charge in [0.05, 0.1) is 12.1 Å². The molecular weight excluding hydrogens is 414 g/mol. The number of hydrogen-bond acceptors (Lipinski definition) is 6. The number of para-hydroxylation sites is 1. The summed E-state index contributed by atoms with van der Waals surface area (Å²) in [7, 11) is 0. The lowest BCUT2D eigenvalue weighted by atomic mass is 10.2. The summed E-state index contributed by atoms with van der Waals surface area (Å²) in [6, 6.07) is 18.6. The molecule has 0 radical (unpaired) electrons. The molecule has 1 unspecified atom stereocenters. The van der Waals surface area contributed by atoms with Gasteiger partial charge in [0, 0.05) is 57.2 Å². The number of nitrogens with one attached hydrogen (secondary N) is 1. The lowest BCUT2D eigenvalue weighted by Gasteiger charge is -2.35. The van der Waals surface area contributed by atoms with Gasteiger partial charge in [0.2, 0.25) is 0 Å². The molecule has 2 aliphatic heterocycles. The van der Waals surface area contributed by atoms with Crippen molar-refractivity contribution in [1.29, 1.82) is 0 Å². The van der Waals surface area contributed by atoms with Crippen LogP contribution in [0.25, 0.3) is 10.9 Å². The lowest BCUT2D eigenvalue weighted by molar-refractivity contribution is 0.131. The largest absolute Gasteiger partial charge is 0.383 e. The molecule has 3 N–H and O–H groups in total. The molecule has 2 saturated heterocycles. The summed E-state index contributed by atoms with van der Waals surface area (Å²) >= 11 is 0. The summed E-state index contributed by atoms with van der Waals surface area (Å²) in [6.07, 6.45) is 0.999. The third-order valence-corrected chi connectivity index (χ3v) is 6.55. The first-order valence-electron chi connectivity index (χ1n) is 11.7. The van der Waals surface area contributed by atoms with Crippen LogP contribution in [0.2, 0.25) is 0 Å². The number of carbonyl (C=O) groups excluding carboxylic acids is 1. The Morgan fingerprint density at radius 1 is 0.909 bits per heavy atom. The van der Waals surface area contributed by atoms with Crippen molar-refractivity contribution in [2.24, 2.45) is 0 Å². The van der Waals surface area contributed by atoms with Crippen molar-refractivity contribution in [2.45, 2.75) is 25.6 Å². The fraction of sp³-hybridized carbons (Fsp3) is 0.400. The highest BCUT2D eigenvalue weighted by molar-refractivity contribution is 5.87. The molecule has 0 bridgehead atoms. The Bertz CT molecular complexity index is 1100. The van der Waals surface area contributed by atoms with Crippen LogP contribution in [0.4, 0.5) is 10.6 Å². The van der Waals surface area contributed by atoms with E-state index in [1.54, 1.807) is 0 Å². The number of piperazine rings is 1. The maximum absolute atomic E-state index is 12.8. The van der Waals surface area contributed by atoms with Gasteiger partial charge >= 0.3 is 6.03 Å². The quantitative estimate of drug-likeness (QED) is 0.626. The van der Waals surface area contributed by atoms with Gasteiger partial charge in [-0.3, -0.25) is 9.80 Å². The van der Waals surface area contributed by atoms with Gasteiger partial charge in [-0.25, -0.2) is 14.8 Å². The molecular formula is C25H31N7O. The highest BCUT2D eigenvalue weighted by Crippen LogP contribution is 2.18. The van der Waals surface area contributed by atoms with Crippen LogP contribution >= 0.6 is 0 Å². The molecule has 172 valence electrons. The molecule has 2 fully saturated rings. The summed E-state index contributed by atoms with van der Waals surface area (Å²) in [5.41, 5.74) is 8.31. The van der Waals surface area contributed by atoms with Crippen molar-refractivity contribution in [3.8, 4) is 0 Å². The minimum absolute atomic E-state index is 0.0485. The number of aromatic nitrogens is 2. The second-order valence-corrected chi connectivity index (χ2v) is 8.96. The first-order chi connectivity index (χ1) is 16.1. The Kier molecular flexibility index (Phi) is 6.37. The zero-order chi connectivity index (χ0) is 22.6. The molecule has 3 aromatic rings. The predicted molar refractivity (Wildman–Crippen MR) is 129 cm³/mol. The average Bonchev–Trinajstić information content (AvgIpc) is 3.27. The Morgan fingerprint density at radius 2 is 1.67 bits per heavy atom. The summed E-state index contributed by atoms with van der Waals surface area (Å²) in [4.78, 5) is 28.6. The highest BCUT2D eigenvalue weighted by Gasteiger charge is 2.27. The number of nitrogens with zero attached hydrogens (tertiary/aromatic N) is 5. The molecule has 2 aromatic carbocycles. The topological polar surface area (TPSA) is 90.6 Å². The van der Waals surface area contributed by atoms with Crippen LogP contribution < -0.4 is 11.1 Å². The number of urea groups is 1. The van der Waals surface area contributed by atoms with E-state index in [1.165, 1.54) is 5.56 Å². The van der Waals surface area contributed by atoms with Crippen molar-refractivity contribution in [3.05, 3.63) is 66.0 Å². The molecule has 3 heterocycles. The number of rotatable bonds is 5. The van der Waals surface area contributed by atoms with Crippen molar-refractivity contribution in [3.63, 3.8) is 0 Å². The number of likely N-dealkylation sites (tertiary alicyclic amines) is 1. The number of carbonyl (C=O) groups is 1. The van der Waals surface area contributed by atoms with E-state index in [0.717, 1.165) is 55.9 Å². The molecule has 0 aliphatic carbocycles. The first-order valence-corrected chi connectivity index (χ1v) is 11.7. The smallest absolute Gasteiger partial charge is 0.317 e. The third-order valence-electron chi connectivity index (χ3n) is 6.55. The standard InChI is InChI=1S/C25H31N7O/c26-24-21-8-4-5-9-22(21)28-23(29-24)18-30-12-14-32(15-13-30)25(33)27-20-10-11-31(17-20)16-19-6-2-1-3-7-19/h1-9,20H,10-18H2,(H,27,33)(H2,26,28,29). The molecule has 33 heavy (non-hydrogen) atoms. The van der Waals surface area contributed by atoms with Gasteiger partial charge in [0.25, 0.3) is 0 Å². The number of benzene rings is 2. The van der Waals surface area contributed by atoms with Crippen molar-refractivity contribution >= 4 is 22.8 Å². The van der Waals surface area contributed by atoms with Gasteiger partial charge < -0.3 is 16.0 Å². The Labute approximate surface area is 194 Å². The molecule has 8 heteroatoms. The Hall–Kier alpha value is -3.23. The molecule has 1 aromatic heterocycles. The van der Waals surface area contributed by atoms with Gasteiger partial charge in [-0.1, -0.05) is 42.5 Å². The zero-order valence-electron chi connectivity index (χ0n) is 18.9. The summed E-state index contributed by atoms with van der Waals surface area (Å²) < 4.78 is 0. The minimum atomic E-state index is 0.0485. The van der Waals surface area contributed by atoms with Gasteiger partial charge in [0.15, 0.2) is 0 Å². The molecule has 2 amide bonds. The minimum Gasteiger partial charge on any atom is -0.383 e. The van der Waals surface area contributed by atoms with Crippen LogP contribution in [0.3, 0.4) is 0 Å². The van der Waals surface area contributed by atoms with E-state index in [1.807, 2.05) is 35.2 Å². The maximum atomic E-state index is 12.8. The van der Waals surface area contributed by atoms with Crippen LogP contribution in [0, 0.1) is 0 Å². The van der Waals surface area contributed by atoms with Crippen molar-refractivity contribution in [1.82, 2.24) is 30.0 Å². The average molecular weight is 446 g/mol. The number of amides is 2. The summed E-state index contributed by atoms with van der Waals surface area (Å²) in [5.74, 6) is 1.25. The molecule has 5 rings (SSSR count). The lowest BCUT2D eigenvalue weighted by Crippen LogP contribution is -2.53. The van der Waals surface area contributed by atoms with E-state index in [9.17, 15) is 4.79 Å². The van der Waals surface area contributed by atoms with E-state index in [0.29, 0.717) is 25.5 Å². The fourth-order valence-electron chi connectivity index (χ4n) is 4.73. The van der Waals surface area contributed by atoms with Crippen molar-refractivity contribution < 1.29 is 4.79 Å². The van der Waals surface area contributed by atoms with E-state index in [-0.39, 0.29) is 12.1 Å².